The Bertz CT molecular complexity index is 862. The molecule has 0 bridgehead atoms. The Morgan fingerprint density at radius 3 is 2.86 bits per heavy atom. The van der Waals surface area contributed by atoms with Gasteiger partial charge in [0.2, 0.25) is 0 Å². The molecule has 0 spiro atoms. The molecule has 110 valence electrons. The Morgan fingerprint density at radius 1 is 1.18 bits per heavy atom. The topological polar surface area (TPSA) is 51.6 Å². The first kappa shape index (κ1) is 14.1. The van der Waals surface area contributed by atoms with E-state index in [9.17, 15) is 8.78 Å². The van der Waals surface area contributed by atoms with Crippen LogP contribution < -0.4 is 5.32 Å². The third-order valence-electron chi connectivity index (χ3n) is 3.56. The minimum atomic E-state index is -0.532. The Kier molecular flexibility index (Phi) is 3.75. The van der Waals surface area contributed by atoms with E-state index in [0.717, 1.165) is 16.5 Å². The Morgan fingerprint density at radius 2 is 2.05 bits per heavy atom. The van der Waals surface area contributed by atoms with Gasteiger partial charge in [0, 0.05) is 23.6 Å². The van der Waals surface area contributed by atoms with Crippen molar-refractivity contribution in [1.82, 2.24) is 4.98 Å². The molecule has 0 atom stereocenters. The lowest BCUT2D eigenvalue weighted by atomic mass is 10.1. The summed E-state index contributed by atoms with van der Waals surface area (Å²) in [6, 6.07) is 11.0. The maximum Gasteiger partial charge on any atom is 0.143 e. The van der Waals surface area contributed by atoms with Gasteiger partial charge in [0.15, 0.2) is 0 Å². The molecular formula is C17H13F2N3. The molecule has 22 heavy (non-hydrogen) atoms. The summed E-state index contributed by atoms with van der Waals surface area (Å²) < 4.78 is 26.6. The van der Waals surface area contributed by atoms with E-state index >= 15 is 0 Å². The summed E-state index contributed by atoms with van der Waals surface area (Å²) in [6.45, 7) is 0.544. The lowest BCUT2D eigenvalue weighted by Crippen LogP contribution is -2.06. The number of nitriles is 1. The van der Waals surface area contributed by atoms with Crippen molar-refractivity contribution < 1.29 is 8.78 Å². The fourth-order valence-corrected chi connectivity index (χ4v) is 2.48. The van der Waals surface area contributed by atoms with Crippen LogP contribution in [-0.2, 0) is 6.42 Å². The van der Waals surface area contributed by atoms with Crippen LogP contribution in [0.5, 0.6) is 0 Å². The van der Waals surface area contributed by atoms with Gasteiger partial charge in [0.25, 0.3) is 0 Å². The van der Waals surface area contributed by atoms with Gasteiger partial charge in [0.05, 0.1) is 5.69 Å². The molecule has 2 N–H and O–H groups in total. The number of nitrogens with one attached hydrogen (secondary N) is 2. The lowest BCUT2D eigenvalue weighted by Gasteiger charge is -2.08. The second-order valence-electron chi connectivity index (χ2n) is 4.95. The van der Waals surface area contributed by atoms with Crippen molar-refractivity contribution in [3.63, 3.8) is 0 Å². The highest BCUT2D eigenvalue weighted by molar-refractivity contribution is 5.83. The minimum Gasteiger partial charge on any atom is -0.384 e. The minimum absolute atomic E-state index is 0.0171. The number of H-pyrrole nitrogens is 1. The van der Waals surface area contributed by atoms with Crippen LogP contribution in [0.15, 0.2) is 42.6 Å². The molecule has 0 saturated carbocycles. The molecule has 0 radical (unpaired) electrons. The van der Waals surface area contributed by atoms with Gasteiger partial charge in [-0.3, -0.25) is 0 Å². The van der Waals surface area contributed by atoms with Crippen LogP contribution in [0, 0.1) is 23.0 Å². The molecule has 3 aromatic rings. The second-order valence-corrected chi connectivity index (χ2v) is 4.95. The number of nitrogens with zero attached hydrogens (tertiary/aromatic N) is 1. The number of aromatic nitrogens is 1. The average Bonchev–Trinajstić information content (AvgIpc) is 2.90. The Hall–Kier alpha value is -2.87. The van der Waals surface area contributed by atoms with Crippen LogP contribution in [0.25, 0.3) is 10.9 Å². The summed E-state index contributed by atoms with van der Waals surface area (Å²) in [4.78, 5) is 3.03. The molecule has 0 aliphatic rings. The molecule has 0 saturated heterocycles. The number of fused-ring (bicyclic) bond motifs is 1. The molecule has 2 aromatic carbocycles. The molecule has 1 aromatic heterocycles. The number of halogens is 2. The van der Waals surface area contributed by atoms with Gasteiger partial charge in [0.1, 0.15) is 23.3 Å². The van der Waals surface area contributed by atoms with E-state index in [1.165, 1.54) is 18.2 Å². The number of benzene rings is 2. The maximum absolute atomic E-state index is 13.5. The average molecular weight is 297 g/mol. The number of anilines is 1. The smallest absolute Gasteiger partial charge is 0.143 e. The fraction of sp³-hybridized carbons (Fsp3) is 0.118. The van der Waals surface area contributed by atoms with Crippen LogP contribution >= 0.6 is 0 Å². The van der Waals surface area contributed by atoms with E-state index < -0.39 is 5.82 Å². The summed E-state index contributed by atoms with van der Waals surface area (Å²) in [7, 11) is 0. The van der Waals surface area contributed by atoms with Crippen LogP contribution in [-0.4, -0.2) is 11.5 Å². The van der Waals surface area contributed by atoms with Crippen molar-refractivity contribution >= 4 is 16.6 Å². The number of aromatic amines is 1. The standard InChI is InChI=1S/C17H13F2N3/c18-12-4-5-13-11(10-22-17(13)8-12)6-7-21-16-3-1-2-15(19)14(16)9-20/h1-5,8,10,21-22H,6-7H2. The van der Waals surface area contributed by atoms with Crippen LogP contribution in [0.3, 0.4) is 0 Å². The largest absolute Gasteiger partial charge is 0.384 e. The third-order valence-corrected chi connectivity index (χ3v) is 3.56. The zero-order valence-electron chi connectivity index (χ0n) is 11.7. The predicted octanol–water partition coefficient (Wildman–Crippen LogP) is 3.97. The highest BCUT2D eigenvalue weighted by Gasteiger charge is 2.08. The van der Waals surface area contributed by atoms with Crippen molar-refractivity contribution in [3.05, 3.63) is 65.4 Å². The summed E-state index contributed by atoms with van der Waals surface area (Å²) in [6.07, 6.45) is 2.51. The zero-order valence-corrected chi connectivity index (χ0v) is 11.7. The van der Waals surface area contributed by atoms with Gasteiger partial charge < -0.3 is 10.3 Å². The molecule has 0 unspecified atom stereocenters. The molecule has 5 heteroatoms. The fourth-order valence-electron chi connectivity index (χ4n) is 2.48. The molecule has 3 rings (SSSR count). The Labute approximate surface area is 126 Å². The van der Waals surface area contributed by atoms with Crippen LogP contribution in [0.2, 0.25) is 0 Å². The van der Waals surface area contributed by atoms with E-state index in [2.05, 4.69) is 10.3 Å². The first-order valence-corrected chi connectivity index (χ1v) is 6.87. The summed E-state index contributed by atoms with van der Waals surface area (Å²) in [5, 5.41) is 13.0. The van der Waals surface area contributed by atoms with Crippen LogP contribution in [0.4, 0.5) is 14.5 Å². The number of hydrogen-bond acceptors (Lipinski definition) is 2. The van der Waals surface area contributed by atoms with E-state index in [1.807, 2.05) is 12.3 Å². The summed E-state index contributed by atoms with van der Waals surface area (Å²) in [5.74, 6) is -0.812. The van der Waals surface area contributed by atoms with E-state index in [1.54, 1.807) is 18.2 Å². The first-order chi connectivity index (χ1) is 10.7. The summed E-state index contributed by atoms with van der Waals surface area (Å²) >= 11 is 0. The molecule has 0 aliphatic carbocycles. The highest BCUT2D eigenvalue weighted by atomic mass is 19.1. The molecule has 0 aliphatic heterocycles. The SMILES string of the molecule is N#Cc1c(F)cccc1NCCc1c[nH]c2cc(F)ccc12. The van der Waals surface area contributed by atoms with Gasteiger partial charge in [-0.2, -0.15) is 5.26 Å². The quantitative estimate of drug-likeness (QED) is 0.765. The highest BCUT2D eigenvalue weighted by Crippen LogP contribution is 2.21. The lowest BCUT2D eigenvalue weighted by molar-refractivity contribution is 0.624. The molecule has 1 heterocycles. The molecule has 0 amide bonds. The van der Waals surface area contributed by atoms with Crippen molar-refractivity contribution in [3.8, 4) is 6.07 Å². The van der Waals surface area contributed by atoms with E-state index in [-0.39, 0.29) is 11.4 Å². The monoisotopic (exact) mass is 297 g/mol. The van der Waals surface area contributed by atoms with Gasteiger partial charge in [-0.05, 0) is 42.3 Å². The molecule has 0 fully saturated rings. The normalized spacial score (nSPS) is 10.6. The van der Waals surface area contributed by atoms with Gasteiger partial charge in [-0.1, -0.05) is 6.07 Å². The van der Waals surface area contributed by atoms with Crippen molar-refractivity contribution in [1.29, 1.82) is 5.26 Å². The van der Waals surface area contributed by atoms with Gasteiger partial charge in [-0.15, -0.1) is 0 Å². The van der Waals surface area contributed by atoms with E-state index in [4.69, 9.17) is 5.26 Å². The number of rotatable bonds is 4. The zero-order chi connectivity index (χ0) is 15.5. The van der Waals surface area contributed by atoms with Crippen molar-refractivity contribution in [2.24, 2.45) is 0 Å². The maximum atomic E-state index is 13.5. The molecular weight excluding hydrogens is 284 g/mol. The van der Waals surface area contributed by atoms with E-state index in [0.29, 0.717) is 18.7 Å². The summed E-state index contributed by atoms with van der Waals surface area (Å²) in [5.41, 5.74) is 2.28. The third kappa shape index (κ3) is 2.63. The first-order valence-electron chi connectivity index (χ1n) is 6.87. The second kappa shape index (κ2) is 5.86. The van der Waals surface area contributed by atoms with Gasteiger partial charge >= 0.3 is 0 Å². The number of hydrogen-bond donors (Lipinski definition) is 2. The Balaban J connectivity index is 1.73. The molecule has 3 nitrogen and oxygen atoms in total. The predicted molar refractivity (Wildman–Crippen MR) is 81.6 cm³/mol. The van der Waals surface area contributed by atoms with Crippen molar-refractivity contribution in [2.75, 3.05) is 11.9 Å². The van der Waals surface area contributed by atoms with Gasteiger partial charge in [-0.25, -0.2) is 8.78 Å². The van der Waals surface area contributed by atoms with Crippen LogP contribution in [0.1, 0.15) is 11.1 Å². The van der Waals surface area contributed by atoms with Crippen molar-refractivity contribution in [2.45, 2.75) is 6.42 Å².